The zero-order chi connectivity index (χ0) is 17.7. The van der Waals surface area contributed by atoms with Crippen LogP contribution in [0, 0.1) is 6.92 Å². The minimum absolute atomic E-state index is 0.235. The molecule has 3 rings (SSSR count). The molecule has 0 fully saturated rings. The fraction of sp³-hybridized carbons (Fsp3) is 0.188. The predicted octanol–water partition coefficient (Wildman–Crippen LogP) is 1.36. The van der Waals surface area contributed by atoms with Crippen LogP contribution in [0.4, 0.5) is 5.82 Å². The van der Waals surface area contributed by atoms with E-state index in [1.807, 2.05) is 6.92 Å². The van der Waals surface area contributed by atoms with E-state index in [1.165, 1.54) is 0 Å². The molecule has 0 aliphatic heterocycles. The largest absolute Gasteiger partial charge is 0.367 e. The summed E-state index contributed by atoms with van der Waals surface area (Å²) in [6, 6.07) is 12.0. The van der Waals surface area contributed by atoms with Crippen LogP contribution in [0.1, 0.15) is 5.56 Å². The number of nitrogens with zero attached hydrogens (tertiary/aromatic N) is 4. The summed E-state index contributed by atoms with van der Waals surface area (Å²) < 4.78 is 28.5. The second kappa shape index (κ2) is 7.41. The van der Waals surface area contributed by atoms with E-state index in [4.69, 9.17) is 0 Å². The zero-order valence-electron chi connectivity index (χ0n) is 13.6. The van der Waals surface area contributed by atoms with Gasteiger partial charge in [-0.3, -0.25) is 0 Å². The maximum atomic E-state index is 12.2. The molecule has 0 aliphatic rings. The summed E-state index contributed by atoms with van der Waals surface area (Å²) in [6.45, 7) is 2.53. The zero-order valence-corrected chi connectivity index (χ0v) is 14.4. The van der Waals surface area contributed by atoms with Gasteiger partial charge in [-0.05, 0) is 37.3 Å². The van der Waals surface area contributed by atoms with Crippen LogP contribution in [-0.2, 0) is 10.0 Å². The number of aromatic nitrogens is 4. The molecule has 2 aromatic heterocycles. The first kappa shape index (κ1) is 17.1. The highest BCUT2D eigenvalue weighted by atomic mass is 32.2. The summed E-state index contributed by atoms with van der Waals surface area (Å²) in [5, 5.41) is 15.2. The number of aryl methyl sites for hydroxylation is 1. The molecule has 0 unspecified atom stereocenters. The molecule has 130 valence electrons. The van der Waals surface area contributed by atoms with Gasteiger partial charge in [-0.25, -0.2) is 17.8 Å². The van der Waals surface area contributed by atoms with E-state index >= 15 is 0 Å². The van der Waals surface area contributed by atoms with Crippen LogP contribution < -0.4 is 10.0 Å². The van der Waals surface area contributed by atoms with Crippen molar-refractivity contribution < 1.29 is 8.42 Å². The van der Waals surface area contributed by atoms with Gasteiger partial charge in [-0.2, -0.15) is 5.10 Å². The van der Waals surface area contributed by atoms with E-state index < -0.39 is 10.0 Å². The van der Waals surface area contributed by atoms with Crippen molar-refractivity contribution in [1.29, 1.82) is 0 Å². The fourth-order valence-corrected chi connectivity index (χ4v) is 3.15. The average molecular weight is 358 g/mol. The van der Waals surface area contributed by atoms with Gasteiger partial charge < -0.3 is 5.32 Å². The molecule has 0 saturated heterocycles. The summed E-state index contributed by atoms with van der Waals surface area (Å²) in [4.78, 5) is 0.251. The summed E-state index contributed by atoms with van der Waals surface area (Å²) in [5.41, 5.74) is 1.01. The standard InChI is InChI=1S/C16H18N6O2S/c1-13-3-5-14(6-4-13)25(23,24)19-11-10-17-15-7-8-16(21-20-15)22-12-2-9-18-22/h2-9,12,19H,10-11H2,1H3,(H,17,20). The second-order valence-corrected chi connectivity index (χ2v) is 7.13. The van der Waals surface area contributed by atoms with Gasteiger partial charge in [0.25, 0.3) is 0 Å². The number of rotatable bonds is 7. The van der Waals surface area contributed by atoms with Crippen LogP contribution in [0.2, 0.25) is 0 Å². The Kier molecular flexibility index (Phi) is 5.05. The summed E-state index contributed by atoms with van der Waals surface area (Å²) >= 11 is 0. The monoisotopic (exact) mass is 358 g/mol. The van der Waals surface area contributed by atoms with Crippen LogP contribution >= 0.6 is 0 Å². The molecule has 2 N–H and O–H groups in total. The molecule has 25 heavy (non-hydrogen) atoms. The van der Waals surface area contributed by atoms with Gasteiger partial charge in [0.2, 0.25) is 10.0 Å². The van der Waals surface area contributed by atoms with E-state index in [1.54, 1.807) is 59.5 Å². The van der Waals surface area contributed by atoms with Gasteiger partial charge in [-0.1, -0.05) is 17.7 Å². The van der Waals surface area contributed by atoms with Gasteiger partial charge in [0.15, 0.2) is 5.82 Å². The first-order chi connectivity index (χ1) is 12.0. The molecule has 0 bridgehead atoms. The summed E-state index contributed by atoms with van der Waals surface area (Å²) in [6.07, 6.45) is 3.44. The predicted molar refractivity (Wildman–Crippen MR) is 94.0 cm³/mol. The molecule has 8 nitrogen and oxygen atoms in total. The lowest BCUT2D eigenvalue weighted by Crippen LogP contribution is -2.29. The highest BCUT2D eigenvalue weighted by molar-refractivity contribution is 7.89. The van der Waals surface area contributed by atoms with E-state index in [0.717, 1.165) is 5.56 Å². The Balaban J connectivity index is 1.50. The second-order valence-electron chi connectivity index (χ2n) is 5.37. The van der Waals surface area contributed by atoms with Gasteiger partial charge in [0, 0.05) is 25.5 Å². The smallest absolute Gasteiger partial charge is 0.240 e. The van der Waals surface area contributed by atoms with Crippen molar-refractivity contribution in [1.82, 2.24) is 24.7 Å². The van der Waals surface area contributed by atoms with Crippen LogP contribution in [0.25, 0.3) is 5.82 Å². The van der Waals surface area contributed by atoms with E-state index in [9.17, 15) is 8.42 Å². The number of nitrogens with one attached hydrogen (secondary N) is 2. The average Bonchev–Trinajstić information content (AvgIpc) is 3.14. The van der Waals surface area contributed by atoms with Gasteiger partial charge in [-0.15, -0.1) is 10.2 Å². The quantitative estimate of drug-likeness (QED) is 0.619. The van der Waals surface area contributed by atoms with Crippen LogP contribution in [0.15, 0.2) is 59.8 Å². The third-order valence-corrected chi connectivity index (χ3v) is 4.92. The SMILES string of the molecule is Cc1ccc(S(=O)(=O)NCCNc2ccc(-n3cccn3)nn2)cc1. The van der Waals surface area contributed by atoms with Crippen molar-refractivity contribution in [2.75, 3.05) is 18.4 Å². The minimum Gasteiger partial charge on any atom is -0.367 e. The molecule has 2 heterocycles. The topological polar surface area (TPSA) is 102 Å². The van der Waals surface area contributed by atoms with E-state index in [0.29, 0.717) is 18.2 Å². The lowest BCUT2D eigenvalue weighted by atomic mass is 10.2. The van der Waals surface area contributed by atoms with Crippen molar-refractivity contribution in [2.45, 2.75) is 11.8 Å². The third kappa shape index (κ3) is 4.40. The Morgan fingerprint density at radius 1 is 1.04 bits per heavy atom. The van der Waals surface area contributed by atoms with Crippen molar-refractivity contribution in [3.05, 3.63) is 60.4 Å². The number of anilines is 1. The Hall–Kier alpha value is -2.78. The Bertz CT molecular complexity index is 906. The molecule has 0 radical (unpaired) electrons. The lowest BCUT2D eigenvalue weighted by molar-refractivity contribution is 0.583. The highest BCUT2D eigenvalue weighted by Crippen LogP contribution is 2.09. The number of hydrogen-bond donors (Lipinski definition) is 2. The number of benzene rings is 1. The molecule has 1 aromatic carbocycles. The fourth-order valence-electron chi connectivity index (χ4n) is 2.12. The van der Waals surface area contributed by atoms with Crippen molar-refractivity contribution in [2.24, 2.45) is 0 Å². The lowest BCUT2D eigenvalue weighted by Gasteiger charge is -2.08. The minimum atomic E-state index is -3.51. The molecule has 0 amide bonds. The van der Waals surface area contributed by atoms with E-state index in [-0.39, 0.29) is 11.4 Å². The normalized spacial score (nSPS) is 11.4. The Morgan fingerprint density at radius 3 is 2.48 bits per heavy atom. The first-order valence-electron chi connectivity index (χ1n) is 7.68. The van der Waals surface area contributed by atoms with Gasteiger partial charge >= 0.3 is 0 Å². The Morgan fingerprint density at radius 2 is 1.84 bits per heavy atom. The Labute approximate surface area is 146 Å². The van der Waals surface area contributed by atoms with Gasteiger partial charge in [0.1, 0.15) is 5.82 Å². The number of hydrogen-bond acceptors (Lipinski definition) is 6. The van der Waals surface area contributed by atoms with Crippen molar-refractivity contribution in [3.8, 4) is 5.82 Å². The highest BCUT2D eigenvalue weighted by Gasteiger charge is 2.12. The molecular weight excluding hydrogens is 340 g/mol. The van der Waals surface area contributed by atoms with Crippen LogP contribution in [0.3, 0.4) is 0 Å². The molecule has 9 heteroatoms. The molecule has 3 aromatic rings. The van der Waals surface area contributed by atoms with Crippen molar-refractivity contribution >= 4 is 15.8 Å². The van der Waals surface area contributed by atoms with E-state index in [2.05, 4.69) is 25.3 Å². The van der Waals surface area contributed by atoms with Crippen LogP contribution in [-0.4, -0.2) is 41.5 Å². The molecular formula is C16H18N6O2S. The first-order valence-corrected chi connectivity index (χ1v) is 9.17. The third-order valence-electron chi connectivity index (χ3n) is 3.44. The molecule has 0 saturated carbocycles. The van der Waals surface area contributed by atoms with Crippen LogP contribution in [0.5, 0.6) is 0 Å². The molecule has 0 spiro atoms. The number of sulfonamides is 1. The van der Waals surface area contributed by atoms with Gasteiger partial charge in [0.05, 0.1) is 4.90 Å². The molecule has 0 atom stereocenters. The summed E-state index contributed by atoms with van der Waals surface area (Å²) in [7, 11) is -3.51. The maximum Gasteiger partial charge on any atom is 0.240 e. The summed E-state index contributed by atoms with van der Waals surface area (Å²) in [5.74, 6) is 1.17. The molecule has 0 aliphatic carbocycles. The maximum absolute atomic E-state index is 12.2. The van der Waals surface area contributed by atoms with Crippen molar-refractivity contribution in [3.63, 3.8) is 0 Å².